The number of nitrogens with zero attached hydrogens (tertiary/aromatic N) is 3. The number of aromatic amines is 1. The van der Waals surface area contributed by atoms with E-state index in [1.54, 1.807) is 19.5 Å². The number of methoxy groups -OCH3 is 1. The van der Waals surface area contributed by atoms with Gasteiger partial charge in [0.15, 0.2) is 5.82 Å². The average molecular weight is 351 g/mol. The van der Waals surface area contributed by atoms with Crippen molar-refractivity contribution in [1.29, 1.82) is 0 Å². The summed E-state index contributed by atoms with van der Waals surface area (Å²) in [5.74, 6) is 1.22. The molecule has 1 aliphatic heterocycles. The van der Waals surface area contributed by atoms with E-state index < -0.39 is 0 Å². The first-order valence-corrected chi connectivity index (χ1v) is 8.72. The van der Waals surface area contributed by atoms with Crippen molar-refractivity contribution in [2.45, 2.75) is 18.9 Å². The molecule has 1 saturated heterocycles. The Kier molecular flexibility index (Phi) is 4.43. The molecule has 0 saturated carbocycles. The van der Waals surface area contributed by atoms with Crippen LogP contribution in [0.2, 0.25) is 0 Å². The number of piperidine rings is 1. The Morgan fingerprint density at radius 2 is 2.04 bits per heavy atom. The summed E-state index contributed by atoms with van der Waals surface area (Å²) in [6.45, 7) is 1.42. The van der Waals surface area contributed by atoms with Gasteiger partial charge in [0, 0.05) is 48.8 Å². The number of hydrogen-bond donors (Lipinski definition) is 2. The fraction of sp³-hybridized carbons (Fsp3) is 0.316. The molecule has 1 amide bonds. The van der Waals surface area contributed by atoms with Crippen molar-refractivity contribution in [3.05, 3.63) is 48.4 Å². The van der Waals surface area contributed by atoms with Gasteiger partial charge in [-0.05, 0) is 36.4 Å². The van der Waals surface area contributed by atoms with Crippen LogP contribution >= 0.6 is 0 Å². The molecule has 0 aliphatic carbocycles. The van der Waals surface area contributed by atoms with Crippen molar-refractivity contribution in [2.75, 3.05) is 25.5 Å². The van der Waals surface area contributed by atoms with E-state index in [-0.39, 0.29) is 11.9 Å². The minimum Gasteiger partial charge on any atom is -0.478 e. The monoisotopic (exact) mass is 351 g/mol. The number of fused-ring (bicyclic) bond motifs is 1. The highest BCUT2D eigenvalue weighted by molar-refractivity contribution is 5.98. The van der Waals surface area contributed by atoms with Gasteiger partial charge in [-0.2, -0.15) is 0 Å². The number of anilines is 1. The topological polar surface area (TPSA) is 83.1 Å². The van der Waals surface area contributed by atoms with Gasteiger partial charge in [0.2, 0.25) is 0 Å². The molecule has 26 heavy (non-hydrogen) atoms. The van der Waals surface area contributed by atoms with Crippen LogP contribution < -0.4 is 10.1 Å². The van der Waals surface area contributed by atoms with E-state index in [4.69, 9.17) is 4.74 Å². The molecular weight excluding hydrogens is 330 g/mol. The zero-order valence-corrected chi connectivity index (χ0v) is 14.6. The van der Waals surface area contributed by atoms with Crippen LogP contribution in [-0.4, -0.2) is 52.0 Å². The highest BCUT2D eigenvalue weighted by Crippen LogP contribution is 2.23. The largest absolute Gasteiger partial charge is 0.478 e. The molecule has 7 nitrogen and oxygen atoms in total. The van der Waals surface area contributed by atoms with Crippen LogP contribution in [0.15, 0.2) is 42.9 Å². The molecule has 3 aromatic rings. The number of H-pyrrole nitrogens is 1. The highest BCUT2D eigenvalue weighted by Gasteiger charge is 2.24. The van der Waals surface area contributed by atoms with Gasteiger partial charge in [-0.3, -0.25) is 4.79 Å². The molecule has 1 aliphatic rings. The zero-order chi connectivity index (χ0) is 17.9. The zero-order valence-electron chi connectivity index (χ0n) is 14.6. The average Bonchev–Trinajstić information content (AvgIpc) is 3.16. The number of aromatic nitrogens is 3. The first-order valence-electron chi connectivity index (χ1n) is 8.72. The van der Waals surface area contributed by atoms with Crippen LogP contribution in [0.25, 0.3) is 10.9 Å². The van der Waals surface area contributed by atoms with Crippen molar-refractivity contribution in [3.8, 4) is 5.88 Å². The molecule has 1 aromatic carbocycles. The second kappa shape index (κ2) is 7.03. The maximum absolute atomic E-state index is 12.8. The van der Waals surface area contributed by atoms with Crippen LogP contribution in [0.1, 0.15) is 23.2 Å². The lowest BCUT2D eigenvalue weighted by molar-refractivity contribution is 0.0718. The van der Waals surface area contributed by atoms with E-state index in [2.05, 4.69) is 20.3 Å². The summed E-state index contributed by atoms with van der Waals surface area (Å²) in [6.07, 6.45) is 6.84. The Morgan fingerprint density at radius 3 is 2.85 bits per heavy atom. The SMILES string of the molecule is COc1nccnc1NC1CCN(C(=O)c2ccc3cc[nH]c3c2)CC1. The van der Waals surface area contributed by atoms with Crippen LogP contribution in [0.5, 0.6) is 5.88 Å². The summed E-state index contributed by atoms with van der Waals surface area (Å²) >= 11 is 0. The Labute approximate surface area is 151 Å². The molecular formula is C19H21N5O2. The Morgan fingerprint density at radius 1 is 1.23 bits per heavy atom. The quantitative estimate of drug-likeness (QED) is 0.755. The van der Waals surface area contributed by atoms with Crippen LogP contribution in [0, 0.1) is 0 Å². The summed E-state index contributed by atoms with van der Waals surface area (Å²) in [7, 11) is 1.58. The molecule has 0 radical (unpaired) electrons. The van der Waals surface area contributed by atoms with E-state index in [9.17, 15) is 4.79 Å². The smallest absolute Gasteiger partial charge is 0.257 e. The summed E-state index contributed by atoms with van der Waals surface area (Å²) in [6, 6.07) is 8.05. The minimum atomic E-state index is 0.0806. The molecule has 4 rings (SSSR count). The highest BCUT2D eigenvalue weighted by atomic mass is 16.5. The Hall–Kier alpha value is -3.09. The number of likely N-dealkylation sites (tertiary alicyclic amines) is 1. The molecule has 2 aromatic heterocycles. The fourth-order valence-corrected chi connectivity index (χ4v) is 3.36. The number of carbonyl (C=O) groups excluding carboxylic acids is 1. The van der Waals surface area contributed by atoms with Gasteiger partial charge in [-0.15, -0.1) is 0 Å². The van der Waals surface area contributed by atoms with Crippen LogP contribution in [0.3, 0.4) is 0 Å². The number of carbonyl (C=O) groups is 1. The third-order valence-electron chi connectivity index (χ3n) is 4.78. The molecule has 0 spiro atoms. The number of rotatable bonds is 4. The maximum atomic E-state index is 12.8. The lowest BCUT2D eigenvalue weighted by Crippen LogP contribution is -2.42. The van der Waals surface area contributed by atoms with Crippen molar-refractivity contribution in [1.82, 2.24) is 19.9 Å². The van der Waals surface area contributed by atoms with Gasteiger partial charge < -0.3 is 19.9 Å². The number of benzene rings is 1. The van der Waals surface area contributed by atoms with Gasteiger partial charge in [0.1, 0.15) is 0 Å². The van der Waals surface area contributed by atoms with E-state index in [0.29, 0.717) is 24.8 Å². The summed E-state index contributed by atoms with van der Waals surface area (Å²) < 4.78 is 5.23. The third-order valence-corrected chi connectivity index (χ3v) is 4.78. The Bertz CT molecular complexity index is 915. The summed E-state index contributed by atoms with van der Waals surface area (Å²) in [5.41, 5.74) is 1.71. The van der Waals surface area contributed by atoms with Gasteiger partial charge in [-0.1, -0.05) is 6.07 Å². The number of ether oxygens (including phenoxy) is 1. The molecule has 0 bridgehead atoms. The molecule has 1 fully saturated rings. The van der Waals surface area contributed by atoms with E-state index in [1.165, 1.54) is 0 Å². The summed E-state index contributed by atoms with van der Waals surface area (Å²) in [5, 5.41) is 4.49. The van der Waals surface area contributed by atoms with Gasteiger partial charge in [-0.25, -0.2) is 9.97 Å². The first kappa shape index (κ1) is 16.4. The van der Waals surface area contributed by atoms with Crippen molar-refractivity contribution in [2.24, 2.45) is 0 Å². The molecule has 0 unspecified atom stereocenters. The standard InChI is InChI=1S/C19H21N5O2/c1-26-18-17(21-8-9-22-18)23-15-5-10-24(11-6-15)19(25)14-3-2-13-4-7-20-16(13)12-14/h2-4,7-9,12,15,20H,5-6,10-11H2,1H3,(H,21,23). The fourth-order valence-electron chi connectivity index (χ4n) is 3.36. The number of amides is 1. The van der Waals surface area contributed by atoms with Crippen molar-refractivity contribution >= 4 is 22.6 Å². The molecule has 0 atom stereocenters. The predicted octanol–water partition coefficient (Wildman–Crippen LogP) is 2.68. The maximum Gasteiger partial charge on any atom is 0.257 e. The predicted molar refractivity (Wildman–Crippen MR) is 99.4 cm³/mol. The van der Waals surface area contributed by atoms with Crippen molar-refractivity contribution < 1.29 is 9.53 Å². The lowest BCUT2D eigenvalue weighted by atomic mass is 10.0. The number of nitrogens with one attached hydrogen (secondary N) is 2. The van der Waals surface area contributed by atoms with E-state index >= 15 is 0 Å². The minimum absolute atomic E-state index is 0.0806. The van der Waals surface area contributed by atoms with Crippen molar-refractivity contribution in [3.63, 3.8) is 0 Å². The van der Waals surface area contributed by atoms with E-state index in [0.717, 1.165) is 29.3 Å². The Balaban J connectivity index is 1.39. The second-order valence-electron chi connectivity index (χ2n) is 6.40. The lowest BCUT2D eigenvalue weighted by Gasteiger charge is -2.32. The van der Waals surface area contributed by atoms with Gasteiger partial charge in [0.25, 0.3) is 11.8 Å². The first-order chi connectivity index (χ1) is 12.7. The van der Waals surface area contributed by atoms with Gasteiger partial charge >= 0.3 is 0 Å². The molecule has 7 heteroatoms. The molecule has 3 heterocycles. The molecule has 2 N–H and O–H groups in total. The van der Waals surface area contributed by atoms with Gasteiger partial charge in [0.05, 0.1) is 7.11 Å². The number of hydrogen-bond acceptors (Lipinski definition) is 5. The normalized spacial score (nSPS) is 15.2. The van der Waals surface area contributed by atoms with Crippen LogP contribution in [-0.2, 0) is 0 Å². The summed E-state index contributed by atoms with van der Waals surface area (Å²) in [4.78, 5) is 26.3. The molecule has 134 valence electrons. The van der Waals surface area contributed by atoms with Crippen LogP contribution in [0.4, 0.5) is 5.82 Å². The second-order valence-corrected chi connectivity index (χ2v) is 6.40. The van der Waals surface area contributed by atoms with E-state index in [1.807, 2.05) is 35.4 Å². The third kappa shape index (κ3) is 3.20.